The summed E-state index contributed by atoms with van der Waals surface area (Å²) in [7, 11) is 0. The predicted octanol–water partition coefficient (Wildman–Crippen LogP) is -0.361. The molecule has 6 nitrogen and oxygen atoms in total. The lowest BCUT2D eigenvalue weighted by Gasteiger charge is -2.13. The molecule has 1 amide bonds. The van der Waals surface area contributed by atoms with Crippen LogP contribution in [0.2, 0.25) is 0 Å². The van der Waals surface area contributed by atoms with Crippen LogP contribution >= 0.6 is 12.6 Å². The van der Waals surface area contributed by atoms with Crippen molar-refractivity contribution < 1.29 is 24.2 Å². The van der Waals surface area contributed by atoms with Gasteiger partial charge >= 0.3 is 5.97 Å². The fourth-order valence-corrected chi connectivity index (χ4v) is 1.52. The SMILES string of the molecule is O=C(CCC1OCCO1)NC(CS)C(=O)O. The van der Waals surface area contributed by atoms with Gasteiger partial charge in [-0.3, -0.25) is 4.79 Å². The maximum Gasteiger partial charge on any atom is 0.327 e. The van der Waals surface area contributed by atoms with E-state index in [1.807, 2.05) is 0 Å². The molecule has 1 unspecified atom stereocenters. The fraction of sp³-hybridized carbons (Fsp3) is 0.778. The summed E-state index contributed by atoms with van der Waals surface area (Å²) < 4.78 is 10.3. The van der Waals surface area contributed by atoms with Gasteiger partial charge in [-0.2, -0.15) is 12.6 Å². The number of nitrogens with one attached hydrogen (secondary N) is 1. The minimum absolute atomic E-state index is 0.0670. The molecule has 2 N–H and O–H groups in total. The summed E-state index contributed by atoms with van der Waals surface area (Å²) in [6.07, 6.45) is 0.275. The summed E-state index contributed by atoms with van der Waals surface area (Å²) in [5.74, 6) is -1.35. The van der Waals surface area contributed by atoms with Crippen LogP contribution in [-0.4, -0.2) is 48.3 Å². The Bertz CT molecular complexity index is 254. The van der Waals surface area contributed by atoms with Gasteiger partial charge in [0.05, 0.1) is 13.2 Å². The van der Waals surface area contributed by atoms with Crippen LogP contribution in [0, 0.1) is 0 Å². The lowest BCUT2D eigenvalue weighted by Crippen LogP contribution is -2.42. The molecule has 1 fully saturated rings. The molecule has 0 aromatic rings. The summed E-state index contributed by atoms with van der Waals surface area (Å²) in [6.45, 7) is 1.08. The highest BCUT2D eigenvalue weighted by atomic mass is 32.1. The van der Waals surface area contributed by atoms with E-state index >= 15 is 0 Å². The number of thiol groups is 1. The minimum atomic E-state index is -1.09. The van der Waals surface area contributed by atoms with Crippen LogP contribution in [0.25, 0.3) is 0 Å². The molecule has 0 aromatic heterocycles. The van der Waals surface area contributed by atoms with Crippen molar-refractivity contribution in [2.75, 3.05) is 19.0 Å². The van der Waals surface area contributed by atoms with E-state index in [1.54, 1.807) is 0 Å². The molecule has 1 aliphatic rings. The Morgan fingerprint density at radius 3 is 2.56 bits per heavy atom. The Morgan fingerprint density at radius 1 is 1.44 bits per heavy atom. The van der Waals surface area contributed by atoms with Gasteiger partial charge in [0, 0.05) is 18.6 Å². The standard InChI is InChI=1S/C9H15NO5S/c11-7(10-6(5-16)9(12)13)1-2-8-14-3-4-15-8/h6,8,16H,1-5H2,(H,10,11)(H,12,13). The Labute approximate surface area is 98.7 Å². The third-order valence-corrected chi connectivity index (χ3v) is 2.48. The summed E-state index contributed by atoms with van der Waals surface area (Å²) in [6, 6.07) is -0.943. The second-order valence-corrected chi connectivity index (χ2v) is 3.72. The molecule has 1 aliphatic heterocycles. The highest BCUT2D eigenvalue weighted by molar-refractivity contribution is 7.80. The zero-order chi connectivity index (χ0) is 12.0. The third-order valence-electron chi connectivity index (χ3n) is 2.11. The van der Waals surface area contributed by atoms with E-state index in [-0.39, 0.29) is 24.4 Å². The molecule has 7 heteroatoms. The number of carboxylic acids is 1. The second kappa shape index (κ2) is 6.72. The maximum absolute atomic E-state index is 11.4. The summed E-state index contributed by atoms with van der Waals surface area (Å²) >= 11 is 3.84. The van der Waals surface area contributed by atoms with Gasteiger partial charge in [0.25, 0.3) is 0 Å². The van der Waals surface area contributed by atoms with Crippen molar-refractivity contribution in [2.24, 2.45) is 0 Å². The van der Waals surface area contributed by atoms with Gasteiger partial charge in [-0.25, -0.2) is 4.79 Å². The molecule has 1 atom stereocenters. The van der Waals surface area contributed by atoms with Crippen LogP contribution < -0.4 is 5.32 Å². The first-order valence-electron chi connectivity index (χ1n) is 4.99. The third kappa shape index (κ3) is 4.38. The normalized spacial score (nSPS) is 18.3. The second-order valence-electron chi connectivity index (χ2n) is 3.35. The molecule has 1 saturated heterocycles. The molecule has 1 rings (SSSR count). The Hall–Kier alpha value is -0.790. The topological polar surface area (TPSA) is 84.9 Å². The Balaban J connectivity index is 2.21. The van der Waals surface area contributed by atoms with E-state index < -0.39 is 12.0 Å². The molecule has 1 heterocycles. The quantitative estimate of drug-likeness (QED) is 0.560. The fourth-order valence-electron chi connectivity index (χ4n) is 1.27. The first kappa shape index (κ1) is 13.3. The average molecular weight is 249 g/mol. The highest BCUT2D eigenvalue weighted by Crippen LogP contribution is 2.09. The summed E-state index contributed by atoms with van der Waals surface area (Å²) in [5, 5.41) is 11.1. The van der Waals surface area contributed by atoms with Crippen LogP contribution in [0.4, 0.5) is 0 Å². The molecule has 0 aromatic carbocycles. The maximum atomic E-state index is 11.4. The number of ether oxygens (including phenoxy) is 2. The smallest absolute Gasteiger partial charge is 0.327 e. The lowest BCUT2D eigenvalue weighted by molar-refractivity contribution is -0.141. The number of amides is 1. The van der Waals surface area contributed by atoms with Gasteiger partial charge in [-0.1, -0.05) is 0 Å². The Morgan fingerprint density at radius 2 is 2.06 bits per heavy atom. The van der Waals surface area contributed by atoms with Crippen molar-refractivity contribution in [1.82, 2.24) is 5.32 Å². The molecular weight excluding hydrogens is 234 g/mol. The number of rotatable bonds is 6. The van der Waals surface area contributed by atoms with E-state index in [1.165, 1.54) is 0 Å². The van der Waals surface area contributed by atoms with Crippen molar-refractivity contribution >= 4 is 24.5 Å². The molecule has 0 radical (unpaired) electrons. The first-order valence-corrected chi connectivity index (χ1v) is 5.63. The van der Waals surface area contributed by atoms with Gasteiger partial charge in [-0.05, 0) is 0 Å². The van der Waals surface area contributed by atoms with E-state index in [4.69, 9.17) is 14.6 Å². The van der Waals surface area contributed by atoms with Crippen LogP contribution in [0.1, 0.15) is 12.8 Å². The highest BCUT2D eigenvalue weighted by Gasteiger charge is 2.20. The molecule has 0 spiro atoms. The number of hydrogen-bond donors (Lipinski definition) is 3. The van der Waals surface area contributed by atoms with Crippen molar-refractivity contribution in [1.29, 1.82) is 0 Å². The van der Waals surface area contributed by atoms with Gasteiger partial charge in [0.15, 0.2) is 6.29 Å². The summed E-state index contributed by atoms with van der Waals surface area (Å²) in [5.41, 5.74) is 0. The van der Waals surface area contributed by atoms with E-state index in [9.17, 15) is 9.59 Å². The number of hydrogen-bond acceptors (Lipinski definition) is 5. The number of carbonyl (C=O) groups is 2. The number of carbonyl (C=O) groups excluding carboxylic acids is 1. The predicted molar refractivity (Wildman–Crippen MR) is 58.3 cm³/mol. The average Bonchev–Trinajstić information content (AvgIpc) is 2.75. The molecule has 0 bridgehead atoms. The van der Waals surface area contributed by atoms with E-state index in [0.29, 0.717) is 19.6 Å². The molecule has 0 saturated carbocycles. The number of carboxylic acid groups (broad SMARTS) is 1. The van der Waals surface area contributed by atoms with Crippen molar-refractivity contribution in [2.45, 2.75) is 25.2 Å². The molecule has 0 aliphatic carbocycles. The van der Waals surface area contributed by atoms with E-state index in [2.05, 4.69) is 17.9 Å². The van der Waals surface area contributed by atoms with Crippen molar-refractivity contribution in [3.05, 3.63) is 0 Å². The zero-order valence-corrected chi connectivity index (χ0v) is 9.61. The van der Waals surface area contributed by atoms with Gasteiger partial charge in [0.2, 0.25) is 5.91 Å². The zero-order valence-electron chi connectivity index (χ0n) is 8.72. The summed E-state index contributed by atoms with van der Waals surface area (Å²) in [4.78, 5) is 22.0. The van der Waals surface area contributed by atoms with Gasteiger partial charge in [-0.15, -0.1) is 0 Å². The van der Waals surface area contributed by atoms with Gasteiger partial charge < -0.3 is 19.9 Å². The van der Waals surface area contributed by atoms with Crippen LogP contribution in [0.15, 0.2) is 0 Å². The van der Waals surface area contributed by atoms with Gasteiger partial charge in [0.1, 0.15) is 6.04 Å². The van der Waals surface area contributed by atoms with Crippen molar-refractivity contribution in [3.63, 3.8) is 0 Å². The molecular formula is C9H15NO5S. The Kier molecular flexibility index (Phi) is 5.58. The molecule has 16 heavy (non-hydrogen) atoms. The van der Waals surface area contributed by atoms with E-state index in [0.717, 1.165) is 0 Å². The largest absolute Gasteiger partial charge is 0.480 e. The first-order chi connectivity index (χ1) is 7.63. The van der Waals surface area contributed by atoms with Crippen LogP contribution in [-0.2, 0) is 19.1 Å². The number of aliphatic carboxylic acids is 1. The monoisotopic (exact) mass is 249 g/mol. The molecule has 92 valence electrons. The van der Waals surface area contributed by atoms with Crippen LogP contribution in [0.5, 0.6) is 0 Å². The van der Waals surface area contributed by atoms with Crippen molar-refractivity contribution in [3.8, 4) is 0 Å². The van der Waals surface area contributed by atoms with Crippen LogP contribution in [0.3, 0.4) is 0 Å². The minimum Gasteiger partial charge on any atom is -0.480 e. The lowest BCUT2D eigenvalue weighted by atomic mass is 10.2.